The summed E-state index contributed by atoms with van der Waals surface area (Å²) >= 11 is 0. The maximum Gasteiger partial charge on any atom is 0.161 e. The maximum atomic E-state index is 5.80. The smallest absolute Gasteiger partial charge is 0.161 e. The molecule has 1 unspecified atom stereocenters. The minimum absolute atomic E-state index is 0.00110. The number of hydrogen-bond acceptors (Lipinski definition) is 4. The van der Waals surface area contributed by atoms with Crippen molar-refractivity contribution in [1.29, 1.82) is 0 Å². The molecule has 20 heavy (non-hydrogen) atoms. The first kappa shape index (κ1) is 16.8. The molecule has 0 fully saturated rings. The van der Waals surface area contributed by atoms with Gasteiger partial charge in [-0.25, -0.2) is 0 Å². The van der Waals surface area contributed by atoms with E-state index < -0.39 is 0 Å². The first-order chi connectivity index (χ1) is 9.56. The van der Waals surface area contributed by atoms with Gasteiger partial charge in [0.15, 0.2) is 11.5 Å². The second-order valence-corrected chi connectivity index (χ2v) is 5.39. The number of benzene rings is 1. The van der Waals surface area contributed by atoms with Gasteiger partial charge < -0.3 is 19.5 Å². The van der Waals surface area contributed by atoms with Crippen LogP contribution in [0.25, 0.3) is 0 Å². The third-order valence-corrected chi connectivity index (χ3v) is 2.84. The number of hydrogen-bond donors (Lipinski definition) is 1. The molecule has 0 aromatic heterocycles. The monoisotopic (exact) mass is 281 g/mol. The van der Waals surface area contributed by atoms with Gasteiger partial charge in [-0.1, -0.05) is 19.9 Å². The summed E-state index contributed by atoms with van der Waals surface area (Å²) in [7, 11) is 3.33. The van der Waals surface area contributed by atoms with Crippen molar-refractivity contribution in [3.8, 4) is 11.5 Å². The van der Waals surface area contributed by atoms with Gasteiger partial charge in [0.25, 0.3) is 0 Å². The van der Waals surface area contributed by atoms with Gasteiger partial charge in [-0.05, 0) is 37.1 Å². The molecule has 0 aliphatic carbocycles. The highest BCUT2D eigenvalue weighted by Gasteiger charge is 2.10. The summed E-state index contributed by atoms with van der Waals surface area (Å²) in [6.07, 6.45) is -0.00110. The molecule has 4 nitrogen and oxygen atoms in total. The summed E-state index contributed by atoms with van der Waals surface area (Å²) in [5.74, 6) is 2.16. The third-order valence-electron chi connectivity index (χ3n) is 2.84. The van der Waals surface area contributed by atoms with Crippen molar-refractivity contribution < 1.29 is 14.2 Å². The van der Waals surface area contributed by atoms with Crippen LogP contribution in [-0.2, 0) is 11.3 Å². The van der Waals surface area contributed by atoms with Crippen molar-refractivity contribution in [1.82, 2.24) is 5.32 Å². The lowest BCUT2D eigenvalue weighted by atomic mass is 10.1. The van der Waals surface area contributed by atoms with Crippen LogP contribution in [0.2, 0.25) is 0 Å². The molecule has 1 atom stereocenters. The summed E-state index contributed by atoms with van der Waals surface area (Å²) < 4.78 is 16.3. The molecule has 1 N–H and O–H groups in total. The highest BCUT2D eigenvalue weighted by molar-refractivity contribution is 5.43. The predicted octanol–water partition coefficient (Wildman–Crippen LogP) is 2.85. The van der Waals surface area contributed by atoms with E-state index in [9.17, 15) is 0 Å². The highest BCUT2D eigenvalue weighted by atomic mass is 16.5. The Hall–Kier alpha value is -1.26. The Balaban J connectivity index is 2.65. The molecule has 0 amide bonds. The van der Waals surface area contributed by atoms with Gasteiger partial charge in [-0.15, -0.1) is 0 Å². The first-order valence-corrected chi connectivity index (χ1v) is 7.10. The third kappa shape index (κ3) is 5.80. The maximum absolute atomic E-state index is 5.80. The van der Waals surface area contributed by atoms with Crippen LogP contribution in [0, 0.1) is 5.92 Å². The van der Waals surface area contributed by atoms with Crippen LogP contribution in [-0.4, -0.2) is 33.5 Å². The molecule has 0 aliphatic heterocycles. The molecule has 1 rings (SSSR count). The van der Waals surface area contributed by atoms with Crippen molar-refractivity contribution in [3.05, 3.63) is 23.8 Å². The van der Waals surface area contributed by atoms with E-state index in [1.54, 1.807) is 14.2 Å². The summed E-state index contributed by atoms with van der Waals surface area (Å²) in [5.41, 5.74) is 1.19. The summed E-state index contributed by atoms with van der Waals surface area (Å²) in [6, 6.07) is 6.03. The van der Waals surface area contributed by atoms with E-state index in [-0.39, 0.29) is 6.10 Å². The lowest BCUT2D eigenvalue weighted by molar-refractivity contribution is 0.0899. The fourth-order valence-electron chi connectivity index (χ4n) is 1.91. The van der Waals surface area contributed by atoms with E-state index in [4.69, 9.17) is 14.2 Å². The lowest BCUT2D eigenvalue weighted by Crippen LogP contribution is -2.19. The topological polar surface area (TPSA) is 39.7 Å². The molecule has 0 aliphatic rings. The van der Waals surface area contributed by atoms with Gasteiger partial charge in [-0.2, -0.15) is 0 Å². The number of nitrogens with one attached hydrogen (secondary N) is 1. The molecular formula is C16H27NO3. The van der Waals surface area contributed by atoms with Crippen LogP contribution in [0.5, 0.6) is 11.5 Å². The Bertz CT molecular complexity index is 393. The van der Waals surface area contributed by atoms with E-state index in [2.05, 4.69) is 25.2 Å². The molecule has 1 aromatic rings. The average molecular weight is 281 g/mol. The van der Waals surface area contributed by atoms with Crippen LogP contribution >= 0.6 is 0 Å². The van der Waals surface area contributed by atoms with Crippen molar-refractivity contribution >= 4 is 0 Å². The lowest BCUT2D eigenvalue weighted by Gasteiger charge is -2.17. The number of ether oxygens (including phenoxy) is 3. The van der Waals surface area contributed by atoms with Crippen molar-refractivity contribution in [3.63, 3.8) is 0 Å². The van der Waals surface area contributed by atoms with Crippen molar-refractivity contribution in [2.24, 2.45) is 5.92 Å². The quantitative estimate of drug-likeness (QED) is 0.755. The van der Waals surface area contributed by atoms with E-state index >= 15 is 0 Å². The largest absolute Gasteiger partial charge is 0.493 e. The Labute approximate surface area is 122 Å². The first-order valence-electron chi connectivity index (χ1n) is 7.10. The second-order valence-electron chi connectivity index (χ2n) is 5.39. The molecule has 0 heterocycles. The molecule has 0 spiro atoms. The summed E-state index contributed by atoms with van der Waals surface area (Å²) in [5, 5.41) is 3.42. The average Bonchev–Trinajstić information content (AvgIpc) is 2.40. The molecule has 0 bridgehead atoms. The number of methoxy groups -OCH3 is 2. The summed E-state index contributed by atoms with van der Waals surface area (Å²) in [4.78, 5) is 0. The fraction of sp³-hybridized carbons (Fsp3) is 0.625. The molecule has 114 valence electrons. The van der Waals surface area contributed by atoms with Crippen molar-refractivity contribution in [2.45, 2.75) is 33.4 Å². The highest BCUT2D eigenvalue weighted by Crippen LogP contribution is 2.29. The zero-order chi connectivity index (χ0) is 15.0. The van der Waals surface area contributed by atoms with Crippen LogP contribution in [0.15, 0.2) is 18.2 Å². The Morgan fingerprint density at radius 2 is 1.85 bits per heavy atom. The molecule has 0 saturated carbocycles. The van der Waals surface area contributed by atoms with E-state index in [0.717, 1.165) is 24.6 Å². The standard InChI is InChI=1S/C16H27NO3/c1-12(2)9-17-10-14-6-7-15(16(8-14)19-5)20-13(3)11-18-4/h6-8,12-13,17H,9-11H2,1-5H3. The molecule has 0 saturated heterocycles. The van der Waals surface area contributed by atoms with Gasteiger partial charge in [0.2, 0.25) is 0 Å². The SMILES string of the molecule is COCC(C)Oc1ccc(CNCC(C)C)cc1OC. The van der Waals surface area contributed by atoms with Gasteiger partial charge in [0.05, 0.1) is 13.7 Å². The van der Waals surface area contributed by atoms with Crippen LogP contribution in [0.4, 0.5) is 0 Å². The predicted molar refractivity (Wildman–Crippen MR) is 81.5 cm³/mol. The minimum atomic E-state index is -0.00110. The van der Waals surface area contributed by atoms with Crippen molar-refractivity contribution in [2.75, 3.05) is 27.4 Å². The van der Waals surface area contributed by atoms with Crippen LogP contribution in [0.1, 0.15) is 26.3 Å². The van der Waals surface area contributed by atoms with Gasteiger partial charge in [0, 0.05) is 13.7 Å². The molecular weight excluding hydrogens is 254 g/mol. The van der Waals surface area contributed by atoms with E-state index in [1.807, 2.05) is 19.1 Å². The fourth-order valence-corrected chi connectivity index (χ4v) is 1.91. The molecule has 1 aromatic carbocycles. The molecule has 0 radical (unpaired) electrons. The zero-order valence-corrected chi connectivity index (χ0v) is 13.2. The second kappa shape index (κ2) is 8.82. The number of rotatable bonds is 9. The Morgan fingerprint density at radius 3 is 2.45 bits per heavy atom. The van der Waals surface area contributed by atoms with Gasteiger partial charge >= 0.3 is 0 Å². The van der Waals surface area contributed by atoms with Crippen LogP contribution in [0.3, 0.4) is 0 Å². The summed E-state index contributed by atoms with van der Waals surface area (Å²) in [6.45, 7) is 8.76. The minimum Gasteiger partial charge on any atom is -0.493 e. The van der Waals surface area contributed by atoms with E-state index in [1.165, 1.54) is 5.56 Å². The zero-order valence-electron chi connectivity index (χ0n) is 13.2. The van der Waals surface area contributed by atoms with Gasteiger partial charge in [-0.3, -0.25) is 0 Å². The normalized spacial score (nSPS) is 12.5. The Kier molecular flexibility index (Phi) is 7.41. The van der Waals surface area contributed by atoms with E-state index in [0.29, 0.717) is 12.5 Å². The Morgan fingerprint density at radius 1 is 1.10 bits per heavy atom. The van der Waals surface area contributed by atoms with Gasteiger partial charge in [0.1, 0.15) is 6.10 Å². The van der Waals surface area contributed by atoms with Crippen LogP contribution < -0.4 is 14.8 Å². The molecule has 4 heteroatoms.